The first-order valence-corrected chi connectivity index (χ1v) is 3.69. The summed E-state index contributed by atoms with van der Waals surface area (Å²) in [6.45, 7) is -1.45. The number of hydrogen-bond donors (Lipinski definition) is 0. The van der Waals surface area contributed by atoms with E-state index >= 15 is 0 Å². The number of benzene rings is 1. The molecule has 0 bridgehead atoms. The summed E-state index contributed by atoms with van der Waals surface area (Å²) in [4.78, 5) is 11.3. The van der Waals surface area contributed by atoms with Crippen LogP contribution in [0, 0.1) is 6.85 Å². The van der Waals surface area contributed by atoms with Crippen molar-refractivity contribution in [3.8, 4) is 0 Å². The van der Waals surface area contributed by atoms with Crippen molar-refractivity contribution in [3.63, 3.8) is 0 Å². The molecule has 0 amide bonds. The Balaban J connectivity index is 3.77. The molecule has 0 aliphatic rings. The molecule has 0 unspecified atom stereocenters. The first-order valence-electron chi connectivity index (χ1n) is 5.89. The average Bonchev–Trinajstić information content (AvgIpc) is 2.12. The Labute approximate surface area is 83.0 Å². The highest BCUT2D eigenvalue weighted by Gasteiger charge is 2.03. The van der Waals surface area contributed by atoms with Crippen molar-refractivity contribution in [2.24, 2.45) is 0 Å². The SMILES string of the molecule is [2H]c1c([2H])c(C([2H])([2H])[2H])c([2H])c(Br)c1C(C)=O. The van der Waals surface area contributed by atoms with E-state index in [9.17, 15) is 4.79 Å². The van der Waals surface area contributed by atoms with Gasteiger partial charge < -0.3 is 0 Å². The lowest BCUT2D eigenvalue weighted by Crippen LogP contribution is -1.93. The minimum absolute atomic E-state index is 0.0443. The maximum absolute atomic E-state index is 11.3. The predicted molar refractivity (Wildman–Crippen MR) is 48.9 cm³/mol. The minimum Gasteiger partial charge on any atom is -0.294 e. The van der Waals surface area contributed by atoms with Crippen LogP contribution in [-0.4, -0.2) is 5.78 Å². The molecular formula is C9H9BrO. The molecule has 11 heavy (non-hydrogen) atoms. The summed E-state index contributed by atoms with van der Waals surface area (Å²) < 4.78 is 44.5. The fourth-order valence-corrected chi connectivity index (χ4v) is 1.20. The van der Waals surface area contributed by atoms with Gasteiger partial charge in [-0.25, -0.2) is 0 Å². The third-order valence-electron chi connectivity index (χ3n) is 1.12. The Hall–Kier alpha value is -0.630. The van der Waals surface area contributed by atoms with Crippen LogP contribution in [0.25, 0.3) is 0 Å². The van der Waals surface area contributed by atoms with Gasteiger partial charge in [0.15, 0.2) is 5.78 Å². The maximum Gasteiger partial charge on any atom is 0.160 e. The van der Waals surface area contributed by atoms with E-state index in [1.165, 1.54) is 6.92 Å². The molecule has 0 spiro atoms. The van der Waals surface area contributed by atoms with Gasteiger partial charge >= 0.3 is 0 Å². The van der Waals surface area contributed by atoms with Crippen molar-refractivity contribution < 1.29 is 13.0 Å². The van der Waals surface area contributed by atoms with Crippen molar-refractivity contribution in [2.75, 3.05) is 0 Å². The van der Waals surface area contributed by atoms with E-state index in [4.69, 9.17) is 8.22 Å². The Morgan fingerprint density at radius 2 is 2.45 bits per heavy atom. The Morgan fingerprint density at radius 3 is 3.00 bits per heavy atom. The predicted octanol–water partition coefficient (Wildman–Crippen LogP) is 2.96. The summed E-state index contributed by atoms with van der Waals surface area (Å²) in [5, 5.41) is 0. The Kier molecular flexibility index (Phi) is 0.982. The van der Waals surface area contributed by atoms with Crippen molar-refractivity contribution in [2.45, 2.75) is 13.8 Å². The van der Waals surface area contributed by atoms with Gasteiger partial charge in [-0.1, -0.05) is 28.0 Å². The van der Waals surface area contributed by atoms with Gasteiger partial charge in [0, 0.05) is 14.1 Å². The van der Waals surface area contributed by atoms with E-state index in [2.05, 4.69) is 15.9 Å². The monoisotopic (exact) mass is 218 g/mol. The standard InChI is InChI=1S/C9H9BrO/c1-6-3-4-8(7(2)11)9(10)5-6/h3-5H,1-2H3/i1D3,3D,4D,5D. The Bertz CT molecular complexity index is 464. The molecule has 0 saturated heterocycles. The van der Waals surface area contributed by atoms with Crippen LogP contribution in [0.2, 0.25) is 0 Å². The molecule has 0 radical (unpaired) electrons. The lowest BCUT2D eigenvalue weighted by atomic mass is 10.1. The highest BCUT2D eigenvalue weighted by molar-refractivity contribution is 9.10. The van der Waals surface area contributed by atoms with Gasteiger partial charge in [-0.05, 0) is 25.4 Å². The van der Waals surface area contributed by atoms with Crippen LogP contribution < -0.4 is 0 Å². The number of rotatable bonds is 1. The zero-order chi connectivity index (χ0) is 13.5. The van der Waals surface area contributed by atoms with E-state index in [0.717, 1.165) is 0 Å². The van der Waals surface area contributed by atoms with Crippen LogP contribution in [0.4, 0.5) is 0 Å². The van der Waals surface area contributed by atoms with E-state index in [-0.39, 0.29) is 10.0 Å². The molecule has 0 aliphatic heterocycles. The summed E-state index contributed by atoms with van der Waals surface area (Å²) in [5.41, 5.74) is -0.646. The molecule has 0 aromatic heterocycles. The second kappa shape index (κ2) is 3.18. The number of carbonyl (C=O) groups excluding carboxylic acids is 1. The van der Waals surface area contributed by atoms with Gasteiger partial charge in [-0.15, -0.1) is 0 Å². The zero-order valence-electron chi connectivity index (χ0n) is 11.8. The highest BCUT2D eigenvalue weighted by Crippen LogP contribution is 2.18. The van der Waals surface area contributed by atoms with Gasteiger partial charge in [0.05, 0.1) is 4.11 Å². The second-order valence-corrected chi connectivity index (χ2v) is 2.79. The fraction of sp³-hybridized carbons (Fsp3) is 0.222. The molecule has 0 N–H and O–H groups in total. The van der Waals surface area contributed by atoms with Gasteiger partial charge in [0.2, 0.25) is 0 Å². The van der Waals surface area contributed by atoms with Crippen molar-refractivity contribution >= 4 is 21.7 Å². The Morgan fingerprint density at radius 1 is 1.73 bits per heavy atom. The van der Waals surface area contributed by atoms with Gasteiger partial charge in [-0.2, -0.15) is 0 Å². The van der Waals surface area contributed by atoms with E-state index in [1.54, 1.807) is 0 Å². The number of hydrogen-bond acceptors (Lipinski definition) is 1. The molecule has 0 saturated carbocycles. The molecule has 2 heteroatoms. The van der Waals surface area contributed by atoms with Crippen LogP contribution >= 0.6 is 15.9 Å². The van der Waals surface area contributed by atoms with Crippen molar-refractivity contribution in [1.29, 1.82) is 0 Å². The smallest absolute Gasteiger partial charge is 0.160 e. The number of carbonyl (C=O) groups is 1. The molecule has 1 aromatic carbocycles. The first-order chi connectivity index (χ1) is 7.59. The first kappa shape index (κ1) is 3.40. The van der Waals surface area contributed by atoms with Crippen LogP contribution in [0.5, 0.6) is 0 Å². The van der Waals surface area contributed by atoms with Gasteiger partial charge in [-0.3, -0.25) is 4.79 Å². The minimum atomic E-state index is -2.65. The third-order valence-corrected chi connectivity index (χ3v) is 1.71. The summed E-state index contributed by atoms with van der Waals surface area (Å²) >= 11 is 2.95. The van der Waals surface area contributed by atoms with Crippen LogP contribution in [0.3, 0.4) is 0 Å². The molecule has 0 heterocycles. The number of Topliss-reactive ketones (excluding diaryl/α,β-unsaturated/α-hetero) is 1. The molecule has 58 valence electrons. The van der Waals surface area contributed by atoms with E-state index in [1.807, 2.05) is 0 Å². The van der Waals surface area contributed by atoms with Crippen LogP contribution in [0.15, 0.2) is 22.6 Å². The third kappa shape index (κ3) is 1.90. The van der Waals surface area contributed by atoms with Crippen LogP contribution in [-0.2, 0) is 0 Å². The lowest BCUT2D eigenvalue weighted by Gasteiger charge is -1.99. The fourth-order valence-electron chi connectivity index (χ4n) is 0.626. The second-order valence-electron chi connectivity index (χ2n) is 2.00. The van der Waals surface area contributed by atoms with Gasteiger partial charge in [0.25, 0.3) is 0 Å². The van der Waals surface area contributed by atoms with Crippen LogP contribution in [0.1, 0.15) is 31.1 Å². The molecular weight excluding hydrogens is 204 g/mol. The number of ketones is 1. The molecule has 0 atom stereocenters. The zero-order valence-corrected chi connectivity index (χ0v) is 7.37. The summed E-state index contributed by atoms with van der Waals surface area (Å²) in [6.07, 6.45) is 0. The summed E-state index contributed by atoms with van der Waals surface area (Å²) in [5.74, 6) is -0.485. The average molecular weight is 219 g/mol. The molecule has 1 nitrogen and oxygen atoms in total. The van der Waals surface area contributed by atoms with Gasteiger partial charge in [0.1, 0.15) is 0 Å². The summed E-state index contributed by atoms with van der Waals surface area (Å²) in [7, 11) is 0. The lowest BCUT2D eigenvalue weighted by molar-refractivity contribution is 0.101. The quantitative estimate of drug-likeness (QED) is 0.663. The van der Waals surface area contributed by atoms with E-state index < -0.39 is 36.3 Å². The van der Waals surface area contributed by atoms with E-state index in [0.29, 0.717) is 0 Å². The maximum atomic E-state index is 11.3. The van der Waals surface area contributed by atoms with Crippen molar-refractivity contribution in [1.82, 2.24) is 0 Å². The molecule has 1 rings (SSSR count). The van der Waals surface area contributed by atoms with Crippen molar-refractivity contribution in [3.05, 3.63) is 33.7 Å². The summed E-state index contributed by atoms with van der Waals surface area (Å²) in [6, 6.07) is -1.49. The highest BCUT2D eigenvalue weighted by atomic mass is 79.9. The largest absolute Gasteiger partial charge is 0.294 e. The normalized spacial score (nSPS) is 18.7. The molecule has 1 aromatic rings. The molecule has 0 aliphatic carbocycles. The topological polar surface area (TPSA) is 17.1 Å². The molecule has 0 fully saturated rings. The number of halogens is 1.